The standard InChI is InChI=1S/C22H40N2O4/c1-4-5-6-7-8-9-10-11-12-13-16-28-19(25)15-14-18-21(26)24-20(17(2)3)22(27)23-18/h17-18,20H,4-16H2,1-3H3,(H,23,27)(H,24,26)/t18-,20-/m0/s1. The predicted octanol–water partition coefficient (Wildman–Crippen LogP) is 3.87. The number of amides is 2. The van der Waals surface area contributed by atoms with Gasteiger partial charge in [0, 0.05) is 6.42 Å². The van der Waals surface area contributed by atoms with Gasteiger partial charge in [-0.25, -0.2) is 0 Å². The van der Waals surface area contributed by atoms with E-state index in [2.05, 4.69) is 17.6 Å². The number of ether oxygens (including phenoxy) is 1. The number of rotatable bonds is 15. The second-order valence-corrected chi connectivity index (χ2v) is 8.23. The summed E-state index contributed by atoms with van der Waals surface area (Å²) in [7, 11) is 0. The number of esters is 1. The maximum atomic E-state index is 12.0. The summed E-state index contributed by atoms with van der Waals surface area (Å²) in [4.78, 5) is 35.9. The van der Waals surface area contributed by atoms with Crippen LogP contribution in [0.5, 0.6) is 0 Å². The van der Waals surface area contributed by atoms with E-state index in [0.717, 1.165) is 12.8 Å². The normalized spacial score (nSPS) is 19.4. The van der Waals surface area contributed by atoms with Crippen LogP contribution in [-0.4, -0.2) is 36.5 Å². The molecule has 0 bridgehead atoms. The molecule has 0 unspecified atom stereocenters. The van der Waals surface area contributed by atoms with Gasteiger partial charge >= 0.3 is 5.97 Å². The van der Waals surface area contributed by atoms with Gasteiger partial charge in [-0.2, -0.15) is 0 Å². The molecule has 0 aromatic heterocycles. The van der Waals surface area contributed by atoms with Crippen LogP contribution in [0.4, 0.5) is 0 Å². The Labute approximate surface area is 170 Å². The van der Waals surface area contributed by atoms with Crippen LogP contribution in [0.1, 0.15) is 97.8 Å². The van der Waals surface area contributed by atoms with E-state index in [1.54, 1.807) is 0 Å². The fraction of sp³-hybridized carbons (Fsp3) is 0.864. The molecule has 0 spiro atoms. The lowest BCUT2D eigenvalue weighted by atomic mass is 9.98. The maximum Gasteiger partial charge on any atom is 0.305 e. The van der Waals surface area contributed by atoms with E-state index >= 15 is 0 Å². The van der Waals surface area contributed by atoms with Crippen molar-refractivity contribution in [3.8, 4) is 0 Å². The smallest absolute Gasteiger partial charge is 0.305 e. The quantitative estimate of drug-likeness (QED) is 0.325. The summed E-state index contributed by atoms with van der Waals surface area (Å²) in [6.07, 6.45) is 12.8. The van der Waals surface area contributed by atoms with Crippen molar-refractivity contribution in [2.75, 3.05) is 6.61 Å². The monoisotopic (exact) mass is 396 g/mol. The summed E-state index contributed by atoms with van der Waals surface area (Å²) in [5.41, 5.74) is 0. The maximum absolute atomic E-state index is 12.0. The molecule has 2 amide bonds. The van der Waals surface area contributed by atoms with Gasteiger partial charge < -0.3 is 15.4 Å². The van der Waals surface area contributed by atoms with Crippen LogP contribution in [0.15, 0.2) is 0 Å². The lowest BCUT2D eigenvalue weighted by molar-refractivity contribution is -0.145. The topological polar surface area (TPSA) is 84.5 Å². The zero-order valence-electron chi connectivity index (χ0n) is 18.1. The highest BCUT2D eigenvalue weighted by atomic mass is 16.5. The minimum atomic E-state index is -0.646. The highest BCUT2D eigenvalue weighted by Crippen LogP contribution is 2.12. The number of unbranched alkanes of at least 4 members (excludes halogenated alkanes) is 9. The molecule has 0 saturated carbocycles. The minimum Gasteiger partial charge on any atom is -0.466 e. The van der Waals surface area contributed by atoms with Gasteiger partial charge in [0.2, 0.25) is 11.8 Å². The third-order valence-electron chi connectivity index (χ3n) is 5.28. The van der Waals surface area contributed by atoms with E-state index < -0.39 is 12.1 Å². The van der Waals surface area contributed by atoms with Gasteiger partial charge in [0.15, 0.2) is 0 Å². The third-order valence-corrected chi connectivity index (χ3v) is 5.28. The average Bonchev–Trinajstić information content (AvgIpc) is 2.66. The first-order valence-corrected chi connectivity index (χ1v) is 11.2. The second kappa shape index (κ2) is 14.4. The van der Waals surface area contributed by atoms with Crippen molar-refractivity contribution < 1.29 is 19.1 Å². The van der Waals surface area contributed by atoms with Crippen molar-refractivity contribution in [2.24, 2.45) is 5.92 Å². The molecule has 6 nitrogen and oxygen atoms in total. The third kappa shape index (κ3) is 10.1. The molecule has 6 heteroatoms. The molecular formula is C22H40N2O4. The number of nitrogens with one attached hydrogen (secondary N) is 2. The average molecular weight is 397 g/mol. The van der Waals surface area contributed by atoms with Gasteiger partial charge in [-0.05, 0) is 18.8 Å². The van der Waals surface area contributed by atoms with E-state index in [0.29, 0.717) is 6.61 Å². The molecule has 1 fully saturated rings. The lowest BCUT2D eigenvalue weighted by Crippen LogP contribution is -2.63. The minimum absolute atomic E-state index is 0.0379. The molecule has 1 aliphatic rings. The highest BCUT2D eigenvalue weighted by Gasteiger charge is 2.35. The molecule has 1 aliphatic heterocycles. The Bertz CT molecular complexity index is 479. The molecule has 162 valence electrons. The molecular weight excluding hydrogens is 356 g/mol. The van der Waals surface area contributed by atoms with E-state index in [4.69, 9.17) is 4.74 Å². The molecule has 28 heavy (non-hydrogen) atoms. The summed E-state index contributed by atoms with van der Waals surface area (Å²) in [6, 6.07) is -1.14. The van der Waals surface area contributed by atoms with Gasteiger partial charge in [0.1, 0.15) is 12.1 Å². The van der Waals surface area contributed by atoms with Crippen LogP contribution in [0, 0.1) is 5.92 Å². The molecule has 0 aliphatic carbocycles. The molecule has 0 aromatic carbocycles. The van der Waals surface area contributed by atoms with E-state index in [9.17, 15) is 14.4 Å². The Morgan fingerprint density at radius 3 is 2.04 bits per heavy atom. The summed E-state index contributed by atoms with van der Waals surface area (Å²) in [5, 5.41) is 5.43. The molecule has 1 saturated heterocycles. The van der Waals surface area contributed by atoms with E-state index in [1.165, 1.54) is 51.4 Å². The van der Waals surface area contributed by atoms with Crippen LogP contribution in [0.3, 0.4) is 0 Å². The fourth-order valence-corrected chi connectivity index (χ4v) is 3.43. The van der Waals surface area contributed by atoms with Gasteiger partial charge in [-0.3, -0.25) is 14.4 Å². The number of hydrogen-bond donors (Lipinski definition) is 2. The van der Waals surface area contributed by atoms with Crippen molar-refractivity contribution >= 4 is 17.8 Å². The fourth-order valence-electron chi connectivity index (χ4n) is 3.43. The van der Waals surface area contributed by atoms with Crippen LogP contribution in [0.2, 0.25) is 0 Å². The van der Waals surface area contributed by atoms with Gasteiger partial charge in [0.25, 0.3) is 0 Å². The first-order chi connectivity index (χ1) is 13.5. The Morgan fingerprint density at radius 1 is 0.893 bits per heavy atom. The van der Waals surface area contributed by atoms with Gasteiger partial charge in [-0.15, -0.1) is 0 Å². The van der Waals surface area contributed by atoms with Crippen LogP contribution < -0.4 is 10.6 Å². The number of carbonyl (C=O) groups excluding carboxylic acids is 3. The lowest BCUT2D eigenvalue weighted by Gasteiger charge is -2.31. The summed E-state index contributed by atoms with van der Waals surface area (Å²) in [6.45, 7) is 6.44. The largest absolute Gasteiger partial charge is 0.466 e. The number of carbonyl (C=O) groups is 3. The first-order valence-electron chi connectivity index (χ1n) is 11.2. The zero-order chi connectivity index (χ0) is 20.8. The summed E-state index contributed by atoms with van der Waals surface area (Å²) < 4.78 is 5.24. The van der Waals surface area contributed by atoms with Gasteiger partial charge in [0.05, 0.1) is 6.61 Å². The van der Waals surface area contributed by atoms with Crippen molar-refractivity contribution in [1.82, 2.24) is 10.6 Å². The van der Waals surface area contributed by atoms with Crippen molar-refractivity contribution in [1.29, 1.82) is 0 Å². The molecule has 2 N–H and O–H groups in total. The van der Waals surface area contributed by atoms with Crippen molar-refractivity contribution in [3.63, 3.8) is 0 Å². The van der Waals surface area contributed by atoms with E-state index in [-0.39, 0.29) is 36.5 Å². The molecule has 0 aromatic rings. The molecule has 1 heterocycles. The summed E-state index contributed by atoms with van der Waals surface area (Å²) >= 11 is 0. The van der Waals surface area contributed by atoms with Crippen molar-refractivity contribution in [2.45, 2.75) is 110 Å². The first kappa shape index (κ1) is 24.4. The molecule has 0 radical (unpaired) electrons. The van der Waals surface area contributed by atoms with Crippen LogP contribution in [-0.2, 0) is 19.1 Å². The predicted molar refractivity (Wildman–Crippen MR) is 111 cm³/mol. The molecule has 1 rings (SSSR count). The Kier molecular flexibility index (Phi) is 12.6. The van der Waals surface area contributed by atoms with Crippen LogP contribution >= 0.6 is 0 Å². The summed E-state index contributed by atoms with van der Waals surface area (Å²) in [5.74, 6) is -0.668. The Balaban J connectivity index is 2.01. The number of piperazine rings is 1. The van der Waals surface area contributed by atoms with Gasteiger partial charge in [-0.1, -0.05) is 78.6 Å². The molecule has 2 atom stereocenters. The SMILES string of the molecule is CCCCCCCCCCCCOC(=O)CC[C@@H]1NC(=O)[C@H](C(C)C)NC1=O. The van der Waals surface area contributed by atoms with Crippen molar-refractivity contribution in [3.05, 3.63) is 0 Å². The zero-order valence-corrected chi connectivity index (χ0v) is 18.1. The second-order valence-electron chi connectivity index (χ2n) is 8.23. The Hall–Kier alpha value is -1.59. The Morgan fingerprint density at radius 2 is 1.46 bits per heavy atom. The number of hydrogen-bond acceptors (Lipinski definition) is 4. The highest BCUT2D eigenvalue weighted by molar-refractivity contribution is 5.97. The van der Waals surface area contributed by atoms with Crippen LogP contribution in [0.25, 0.3) is 0 Å². The van der Waals surface area contributed by atoms with E-state index in [1.807, 2.05) is 13.8 Å².